The van der Waals surface area contributed by atoms with E-state index < -0.39 is 24.3 Å². The van der Waals surface area contributed by atoms with Gasteiger partial charge in [0, 0.05) is 12.1 Å². The van der Waals surface area contributed by atoms with E-state index in [-0.39, 0.29) is 59.7 Å². The molecule has 7 rings (SSSR count). The molecule has 60 heavy (non-hydrogen) atoms. The highest BCUT2D eigenvalue weighted by Gasteiger charge is 2.46. The maximum absolute atomic E-state index is 14.0. The Morgan fingerprint density at radius 1 is 0.600 bits per heavy atom. The molecule has 2 aromatic heterocycles. The predicted octanol–water partition coefficient (Wildman–Crippen LogP) is 8.13. The smallest absolute Gasteiger partial charge is 0.407 e. The van der Waals surface area contributed by atoms with Crippen LogP contribution in [0.25, 0.3) is 44.3 Å². The van der Waals surface area contributed by atoms with Crippen molar-refractivity contribution in [1.29, 1.82) is 0 Å². The van der Waals surface area contributed by atoms with Gasteiger partial charge < -0.3 is 39.9 Å². The van der Waals surface area contributed by atoms with Gasteiger partial charge in [-0.3, -0.25) is 9.59 Å². The fourth-order valence-corrected chi connectivity index (χ4v) is 8.95. The number of aromatic nitrogens is 4. The van der Waals surface area contributed by atoms with E-state index in [4.69, 9.17) is 19.4 Å². The molecule has 0 bridgehead atoms. The average molecular weight is 819 g/mol. The van der Waals surface area contributed by atoms with Crippen molar-refractivity contribution in [3.63, 3.8) is 0 Å². The van der Waals surface area contributed by atoms with E-state index in [1.165, 1.54) is 14.2 Å². The number of ether oxygens (including phenoxy) is 2. The number of nitrogens with zero attached hydrogens (tertiary/aromatic N) is 4. The van der Waals surface area contributed by atoms with Crippen LogP contribution in [0, 0.1) is 23.7 Å². The number of benzene rings is 3. The molecule has 2 saturated heterocycles. The van der Waals surface area contributed by atoms with Crippen LogP contribution in [0.5, 0.6) is 0 Å². The highest BCUT2D eigenvalue weighted by atomic mass is 16.5. The normalized spacial score (nSPS) is 22.7. The Kier molecular flexibility index (Phi) is 11.9. The second-order valence-corrected chi connectivity index (χ2v) is 17.4. The summed E-state index contributed by atoms with van der Waals surface area (Å²) in [6.45, 7) is 16.0. The second kappa shape index (κ2) is 17.0. The zero-order chi connectivity index (χ0) is 43.2. The Hall–Kier alpha value is -5.92. The minimum atomic E-state index is -0.722. The van der Waals surface area contributed by atoms with Gasteiger partial charge in [0.1, 0.15) is 23.7 Å². The third-order valence-corrected chi connectivity index (χ3v) is 12.9. The molecule has 2 aliphatic rings. The van der Waals surface area contributed by atoms with Gasteiger partial charge in [0.2, 0.25) is 11.8 Å². The first-order valence-corrected chi connectivity index (χ1v) is 21.0. The fourth-order valence-electron chi connectivity index (χ4n) is 8.95. The number of imidazole rings is 2. The molecule has 4 N–H and O–H groups in total. The minimum Gasteiger partial charge on any atom is -0.453 e. The molecule has 0 unspecified atom stereocenters. The summed E-state index contributed by atoms with van der Waals surface area (Å²) in [6.07, 6.45) is 0.246. The Morgan fingerprint density at radius 2 is 0.950 bits per heavy atom. The van der Waals surface area contributed by atoms with Gasteiger partial charge in [-0.05, 0) is 96.9 Å². The molecule has 2 fully saturated rings. The molecular weight excluding hydrogens is 761 g/mol. The van der Waals surface area contributed by atoms with Gasteiger partial charge in [0.25, 0.3) is 0 Å². The molecule has 4 amide bonds. The Labute approximate surface area is 351 Å². The van der Waals surface area contributed by atoms with Crippen molar-refractivity contribution < 1.29 is 28.7 Å². The molecule has 2 aliphatic heterocycles. The number of fused-ring (bicyclic) bond motifs is 2. The number of H-pyrrole nitrogens is 2. The third kappa shape index (κ3) is 8.03. The maximum atomic E-state index is 14.0. The molecule has 0 spiro atoms. The molecule has 318 valence electrons. The standard InChI is InChI=1S/C46H58N8O6/c1-23(2)39(51-45(57)59-9)43(55)53-27(7)25(5)19-37(53)41-47-33-17-15-31(21-35(33)49-41)29-11-13-30(14-12-29)32-16-18-34-36(22-32)50-42(48-34)38-20-26(6)28(8)54(38)44(56)40(24(3)4)52-46(58)60-10/h11-18,21-28,37-40H,19-20H2,1-10H3,(H,47,49)(H,48,50)(H,51,57)(H,52,58)/t25-,26-,27-,28-,37+,38+,39+,40+/m1/s1. The van der Waals surface area contributed by atoms with Crippen LogP contribution in [-0.4, -0.2) is 92.1 Å². The SMILES string of the molecule is COC(=O)N[C@H](C(=O)N1[C@H](C)[C@H](C)C[C@H]1c1nc2ccc(-c3ccc(-c4ccc5nc([C@@H]6C[C@@H](C)[C@@H](C)N6C(=O)[C@@H](NC(=O)OC)C(C)C)[nH]c5c4)cc3)cc2[nH]1)C(C)C. The number of carbonyl (C=O) groups is 4. The quantitative estimate of drug-likeness (QED) is 0.109. The number of alkyl carbamates (subject to hydrolysis) is 2. The number of methoxy groups -OCH3 is 2. The lowest BCUT2D eigenvalue weighted by atomic mass is 10.00. The Bertz CT molecular complexity index is 2220. The van der Waals surface area contributed by atoms with E-state index in [2.05, 4.69) is 96.8 Å². The molecule has 14 heteroatoms. The van der Waals surface area contributed by atoms with E-state index in [1.807, 2.05) is 49.6 Å². The zero-order valence-corrected chi connectivity index (χ0v) is 36.2. The van der Waals surface area contributed by atoms with Crippen molar-refractivity contribution in [2.45, 2.75) is 104 Å². The summed E-state index contributed by atoms with van der Waals surface area (Å²) in [4.78, 5) is 73.0. The van der Waals surface area contributed by atoms with Gasteiger partial charge >= 0.3 is 12.2 Å². The average Bonchev–Trinajstić information content (AvgIpc) is 4.00. The number of hydrogen-bond acceptors (Lipinski definition) is 8. The van der Waals surface area contributed by atoms with Gasteiger partial charge in [-0.15, -0.1) is 0 Å². The molecule has 0 radical (unpaired) electrons. The number of carbonyl (C=O) groups excluding carboxylic acids is 4. The molecule has 0 aliphatic carbocycles. The number of rotatable bonds is 10. The first-order chi connectivity index (χ1) is 28.6. The van der Waals surface area contributed by atoms with Crippen molar-refractivity contribution in [2.75, 3.05) is 14.2 Å². The van der Waals surface area contributed by atoms with Crippen molar-refractivity contribution in [3.05, 3.63) is 72.3 Å². The lowest BCUT2D eigenvalue weighted by Gasteiger charge is -2.33. The van der Waals surface area contributed by atoms with Crippen molar-refractivity contribution in [1.82, 2.24) is 40.4 Å². The van der Waals surface area contributed by atoms with Gasteiger partial charge in [0.05, 0.1) is 48.4 Å². The monoisotopic (exact) mass is 818 g/mol. The summed E-state index contributed by atoms with van der Waals surface area (Å²) >= 11 is 0. The van der Waals surface area contributed by atoms with Crippen molar-refractivity contribution >= 4 is 46.1 Å². The molecule has 0 saturated carbocycles. The van der Waals surface area contributed by atoms with Gasteiger partial charge in [-0.2, -0.15) is 0 Å². The number of hydrogen-bond donors (Lipinski definition) is 4. The topological polar surface area (TPSA) is 175 Å². The third-order valence-electron chi connectivity index (χ3n) is 12.9. The van der Waals surface area contributed by atoms with Crippen LogP contribution in [0.15, 0.2) is 60.7 Å². The Morgan fingerprint density at radius 3 is 1.28 bits per heavy atom. The molecular formula is C46H58N8O6. The van der Waals surface area contributed by atoms with Gasteiger partial charge in [-0.1, -0.05) is 77.9 Å². The first-order valence-electron chi connectivity index (χ1n) is 21.0. The van der Waals surface area contributed by atoms with Crippen LogP contribution < -0.4 is 10.6 Å². The summed E-state index contributed by atoms with van der Waals surface area (Å²) < 4.78 is 9.65. The lowest BCUT2D eigenvalue weighted by Crippen LogP contribution is -2.53. The number of aromatic amines is 2. The fraction of sp³-hybridized carbons (Fsp3) is 0.478. The maximum Gasteiger partial charge on any atom is 0.407 e. The van der Waals surface area contributed by atoms with Crippen LogP contribution >= 0.6 is 0 Å². The summed E-state index contributed by atoms with van der Waals surface area (Å²) in [6, 6.07) is 18.7. The van der Waals surface area contributed by atoms with Gasteiger partial charge in [-0.25, -0.2) is 19.6 Å². The summed E-state index contributed by atoms with van der Waals surface area (Å²) in [5, 5.41) is 5.49. The molecule has 3 aromatic carbocycles. The zero-order valence-electron chi connectivity index (χ0n) is 36.2. The molecule has 14 nitrogen and oxygen atoms in total. The van der Waals surface area contributed by atoms with Crippen LogP contribution in [0.1, 0.15) is 92.0 Å². The number of likely N-dealkylation sites (tertiary alicyclic amines) is 2. The van der Waals surface area contributed by atoms with E-state index >= 15 is 0 Å². The highest BCUT2D eigenvalue weighted by molar-refractivity contribution is 5.89. The Balaban J connectivity index is 1.10. The summed E-state index contributed by atoms with van der Waals surface area (Å²) in [5.41, 5.74) is 7.55. The molecule has 4 heterocycles. The second-order valence-electron chi connectivity index (χ2n) is 17.4. The van der Waals surface area contributed by atoms with E-state index in [0.717, 1.165) is 68.8 Å². The van der Waals surface area contributed by atoms with Crippen molar-refractivity contribution in [2.24, 2.45) is 23.7 Å². The van der Waals surface area contributed by atoms with Crippen LogP contribution in [0.4, 0.5) is 9.59 Å². The van der Waals surface area contributed by atoms with Crippen molar-refractivity contribution in [3.8, 4) is 22.3 Å². The highest BCUT2D eigenvalue weighted by Crippen LogP contribution is 2.42. The van der Waals surface area contributed by atoms with Gasteiger partial charge in [0.15, 0.2) is 0 Å². The van der Waals surface area contributed by atoms with Crippen LogP contribution in [-0.2, 0) is 19.1 Å². The first kappa shape index (κ1) is 42.2. The van der Waals surface area contributed by atoms with E-state index in [9.17, 15) is 19.2 Å². The lowest BCUT2D eigenvalue weighted by molar-refractivity contribution is -0.138. The molecule has 5 aromatic rings. The van der Waals surface area contributed by atoms with E-state index in [1.54, 1.807) is 0 Å². The molecule has 8 atom stereocenters. The summed E-state index contributed by atoms with van der Waals surface area (Å²) in [5.74, 6) is 1.39. The number of nitrogens with one attached hydrogen (secondary N) is 4. The van der Waals surface area contributed by atoms with Crippen LogP contribution in [0.3, 0.4) is 0 Å². The number of amides is 4. The van der Waals surface area contributed by atoms with Crippen LogP contribution in [0.2, 0.25) is 0 Å². The minimum absolute atomic E-state index is 0.0386. The largest absolute Gasteiger partial charge is 0.453 e. The predicted molar refractivity (Wildman–Crippen MR) is 231 cm³/mol. The summed E-state index contributed by atoms with van der Waals surface area (Å²) in [7, 11) is 2.59. The van der Waals surface area contributed by atoms with E-state index in [0.29, 0.717) is 0 Å².